The smallest absolute Gasteiger partial charge is 0.262 e. The van der Waals surface area contributed by atoms with Crippen LogP contribution in [0.25, 0.3) is 0 Å². The van der Waals surface area contributed by atoms with Gasteiger partial charge in [-0.3, -0.25) is 14.4 Å². The second-order valence-corrected chi connectivity index (χ2v) is 9.32. The van der Waals surface area contributed by atoms with E-state index in [1.165, 1.54) is 0 Å². The third-order valence-corrected chi connectivity index (χ3v) is 6.67. The number of nitrogens with one attached hydrogen (secondary N) is 2. The Bertz CT molecular complexity index is 1280. The van der Waals surface area contributed by atoms with Crippen LogP contribution in [0.4, 0.5) is 11.4 Å². The van der Waals surface area contributed by atoms with Gasteiger partial charge in [0.1, 0.15) is 5.75 Å². The number of ether oxygens (including phenoxy) is 1. The minimum atomic E-state index is -0.414. The fraction of sp³-hybridized carbons (Fsp3) is 0.222. The zero-order chi connectivity index (χ0) is 25.7. The number of hydrogen-bond donors (Lipinski definition) is 2. The van der Waals surface area contributed by atoms with E-state index in [0.717, 1.165) is 11.1 Å². The lowest BCUT2D eigenvalue weighted by molar-refractivity contribution is -0.126. The molecule has 1 aliphatic rings. The van der Waals surface area contributed by atoms with Gasteiger partial charge in [0, 0.05) is 30.9 Å². The molecule has 0 aromatic heterocycles. The van der Waals surface area contributed by atoms with Crippen LogP contribution in [-0.2, 0) is 20.9 Å². The molecule has 1 atom stereocenters. The fourth-order valence-corrected chi connectivity index (χ4v) is 4.21. The monoisotopic (exact) mass is 525 g/mol. The van der Waals surface area contributed by atoms with Gasteiger partial charge in [-0.15, -0.1) is 0 Å². The summed E-state index contributed by atoms with van der Waals surface area (Å²) in [5, 5.41) is 6.37. The molecule has 0 saturated carbocycles. The van der Waals surface area contributed by atoms with Crippen LogP contribution in [0.3, 0.4) is 0 Å². The van der Waals surface area contributed by atoms with Gasteiger partial charge in [-0.1, -0.05) is 47.5 Å². The summed E-state index contributed by atoms with van der Waals surface area (Å²) in [7, 11) is 0. The van der Waals surface area contributed by atoms with Crippen LogP contribution in [0, 0.1) is 12.8 Å². The Hall–Kier alpha value is -3.55. The number of anilines is 2. The first-order chi connectivity index (χ1) is 17.3. The molecule has 0 radical (unpaired) electrons. The Labute approximate surface area is 219 Å². The molecule has 1 fully saturated rings. The number of hydrogen-bond acceptors (Lipinski definition) is 4. The van der Waals surface area contributed by atoms with Crippen molar-refractivity contribution in [2.24, 2.45) is 5.92 Å². The van der Waals surface area contributed by atoms with Crippen molar-refractivity contribution in [1.29, 1.82) is 0 Å². The van der Waals surface area contributed by atoms with Crippen LogP contribution in [0.2, 0.25) is 10.0 Å². The van der Waals surface area contributed by atoms with Crippen molar-refractivity contribution in [2.45, 2.75) is 19.9 Å². The van der Waals surface area contributed by atoms with Gasteiger partial charge in [-0.25, -0.2) is 0 Å². The minimum absolute atomic E-state index is 0.110. The molecule has 0 bridgehead atoms. The first kappa shape index (κ1) is 25.5. The van der Waals surface area contributed by atoms with Gasteiger partial charge >= 0.3 is 0 Å². The van der Waals surface area contributed by atoms with Crippen molar-refractivity contribution in [2.75, 3.05) is 23.4 Å². The normalized spacial score (nSPS) is 15.0. The molecule has 2 N–H and O–H groups in total. The van der Waals surface area contributed by atoms with E-state index in [1.807, 2.05) is 31.2 Å². The first-order valence-electron chi connectivity index (χ1n) is 11.4. The summed E-state index contributed by atoms with van der Waals surface area (Å²) < 4.78 is 5.54. The van der Waals surface area contributed by atoms with E-state index in [0.29, 0.717) is 40.3 Å². The van der Waals surface area contributed by atoms with Crippen molar-refractivity contribution < 1.29 is 19.1 Å². The van der Waals surface area contributed by atoms with Gasteiger partial charge in [-0.05, 0) is 60.5 Å². The zero-order valence-corrected chi connectivity index (χ0v) is 21.1. The number of benzene rings is 3. The summed E-state index contributed by atoms with van der Waals surface area (Å²) in [5.41, 5.74) is 3.34. The van der Waals surface area contributed by atoms with Gasteiger partial charge in [0.2, 0.25) is 11.8 Å². The number of halogens is 2. The predicted molar refractivity (Wildman–Crippen MR) is 141 cm³/mol. The molecule has 0 spiro atoms. The molecule has 0 aliphatic carbocycles. The molecule has 7 nitrogen and oxygen atoms in total. The predicted octanol–water partition coefficient (Wildman–Crippen LogP) is 4.99. The highest BCUT2D eigenvalue weighted by molar-refractivity contribution is 6.42. The molecule has 36 heavy (non-hydrogen) atoms. The van der Waals surface area contributed by atoms with Crippen LogP contribution in [0.1, 0.15) is 17.5 Å². The lowest BCUT2D eigenvalue weighted by atomic mass is 10.1. The summed E-state index contributed by atoms with van der Waals surface area (Å²) in [4.78, 5) is 39.0. The van der Waals surface area contributed by atoms with Gasteiger partial charge < -0.3 is 20.3 Å². The van der Waals surface area contributed by atoms with E-state index < -0.39 is 5.92 Å². The second kappa shape index (κ2) is 11.5. The lowest BCUT2D eigenvalue weighted by Gasteiger charge is -2.17. The van der Waals surface area contributed by atoms with Crippen molar-refractivity contribution in [1.82, 2.24) is 5.32 Å². The maximum Gasteiger partial charge on any atom is 0.262 e. The molecule has 3 aromatic carbocycles. The molecule has 1 aliphatic heterocycles. The highest BCUT2D eigenvalue weighted by Gasteiger charge is 2.35. The largest absolute Gasteiger partial charge is 0.484 e. The molecule has 0 unspecified atom stereocenters. The van der Waals surface area contributed by atoms with Crippen LogP contribution < -0.4 is 20.3 Å². The summed E-state index contributed by atoms with van der Waals surface area (Å²) in [6.45, 7) is 2.54. The van der Waals surface area contributed by atoms with Crippen LogP contribution >= 0.6 is 23.2 Å². The molecule has 3 amide bonds. The third kappa shape index (κ3) is 6.36. The molecule has 1 saturated heterocycles. The number of amides is 3. The molecule has 1 heterocycles. The second-order valence-electron chi connectivity index (χ2n) is 8.51. The van der Waals surface area contributed by atoms with E-state index in [-0.39, 0.29) is 30.7 Å². The Morgan fingerprint density at radius 2 is 1.78 bits per heavy atom. The number of rotatable bonds is 8. The van der Waals surface area contributed by atoms with Crippen LogP contribution in [0.15, 0.2) is 66.7 Å². The number of nitrogens with zero attached hydrogens (tertiary/aromatic N) is 1. The summed E-state index contributed by atoms with van der Waals surface area (Å²) in [6, 6.07) is 19.5. The summed E-state index contributed by atoms with van der Waals surface area (Å²) >= 11 is 11.8. The average molecular weight is 526 g/mol. The van der Waals surface area contributed by atoms with Gasteiger partial charge in [-0.2, -0.15) is 0 Å². The number of carbonyl (C=O) groups is 3. The number of carbonyl (C=O) groups excluding carboxylic acids is 3. The van der Waals surface area contributed by atoms with Crippen LogP contribution in [0.5, 0.6) is 5.75 Å². The van der Waals surface area contributed by atoms with Crippen molar-refractivity contribution in [3.63, 3.8) is 0 Å². The Morgan fingerprint density at radius 3 is 2.50 bits per heavy atom. The average Bonchev–Trinajstić information content (AvgIpc) is 3.26. The van der Waals surface area contributed by atoms with E-state index >= 15 is 0 Å². The molecule has 9 heteroatoms. The van der Waals surface area contributed by atoms with E-state index in [4.69, 9.17) is 27.9 Å². The van der Waals surface area contributed by atoms with Gasteiger partial charge in [0.05, 0.1) is 16.0 Å². The Balaban J connectivity index is 1.27. The molecular weight excluding hydrogens is 501 g/mol. The topological polar surface area (TPSA) is 87.7 Å². The molecular formula is C27H25Cl2N3O4. The van der Waals surface area contributed by atoms with Crippen molar-refractivity contribution >= 4 is 52.3 Å². The zero-order valence-electron chi connectivity index (χ0n) is 19.6. The molecule has 186 valence electrons. The molecule has 3 aromatic rings. The maximum atomic E-state index is 12.7. The highest BCUT2D eigenvalue weighted by atomic mass is 35.5. The van der Waals surface area contributed by atoms with Crippen molar-refractivity contribution in [3.8, 4) is 5.75 Å². The third-order valence-electron chi connectivity index (χ3n) is 5.93. The van der Waals surface area contributed by atoms with Gasteiger partial charge in [0.25, 0.3) is 5.91 Å². The Kier molecular flexibility index (Phi) is 8.13. The SMILES string of the molecule is Cc1ccccc1CNC(=O)[C@H]1CC(=O)N(c2ccc(OCC(=O)Nc3ccc(Cl)c(Cl)c3)cc2)C1. The van der Waals surface area contributed by atoms with E-state index in [1.54, 1.807) is 47.4 Å². The van der Waals surface area contributed by atoms with E-state index in [2.05, 4.69) is 10.6 Å². The fourth-order valence-electron chi connectivity index (χ4n) is 3.91. The lowest BCUT2D eigenvalue weighted by Crippen LogP contribution is -2.32. The Morgan fingerprint density at radius 1 is 1.03 bits per heavy atom. The van der Waals surface area contributed by atoms with Crippen LogP contribution in [-0.4, -0.2) is 30.9 Å². The maximum absolute atomic E-state index is 12.7. The minimum Gasteiger partial charge on any atom is -0.484 e. The van der Waals surface area contributed by atoms with Crippen molar-refractivity contribution in [3.05, 3.63) is 87.9 Å². The first-order valence-corrected chi connectivity index (χ1v) is 12.2. The quantitative estimate of drug-likeness (QED) is 0.433. The standard InChI is InChI=1S/C27H25Cl2N3O4/c1-17-4-2-3-5-18(17)14-30-27(35)19-12-26(34)32(15-19)21-7-9-22(10-8-21)36-16-25(33)31-20-6-11-23(28)24(29)13-20/h2-11,13,19H,12,14-16H2,1H3,(H,30,35)(H,31,33)/t19-/m0/s1. The molecule has 4 rings (SSSR count). The number of aryl methyl sites for hydroxylation is 1. The highest BCUT2D eigenvalue weighted by Crippen LogP contribution is 2.28. The van der Waals surface area contributed by atoms with E-state index in [9.17, 15) is 14.4 Å². The van der Waals surface area contributed by atoms with Gasteiger partial charge in [0.15, 0.2) is 6.61 Å². The summed E-state index contributed by atoms with van der Waals surface area (Å²) in [5.74, 6) is -0.542. The summed E-state index contributed by atoms with van der Waals surface area (Å²) in [6.07, 6.45) is 0.159.